The summed E-state index contributed by atoms with van der Waals surface area (Å²) < 4.78 is 0. The lowest BCUT2D eigenvalue weighted by Crippen LogP contribution is -2.57. The average molecular weight is 299 g/mol. The maximum absolute atomic E-state index is 9.80. The quantitative estimate of drug-likeness (QED) is 0.748. The summed E-state index contributed by atoms with van der Waals surface area (Å²) in [5, 5.41) is 19.5. The highest BCUT2D eigenvalue weighted by Gasteiger charge is 2.49. The molecule has 5 heteroatoms. The van der Waals surface area contributed by atoms with E-state index in [2.05, 4.69) is 14.9 Å². The zero-order chi connectivity index (χ0) is 14.8. The molecule has 4 aliphatic rings. The Morgan fingerprint density at radius 1 is 1.32 bits per heavy atom. The average Bonchev–Trinajstić information content (AvgIpc) is 2.85. The van der Waals surface area contributed by atoms with Crippen LogP contribution in [0.15, 0.2) is 12.1 Å². The van der Waals surface area contributed by atoms with E-state index in [1.54, 1.807) is 6.07 Å². The second-order valence-electron chi connectivity index (χ2n) is 7.20. The molecule has 1 saturated carbocycles. The maximum atomic E-state index is 9.80. The Morgan fingerprint density at radius 3 is 3.09 bits per heavy atom. The Balaban J connectivity index is 1.69. The molecule has 6 rings (SSSR count). The first kappa shape index (κ1) is 12.9. The van der Waals surface area contributed by atoms with Gasteiger partial charge in [0.15, 0.2) is 0 Å². The minimum Gasteiger partial charge on any atom is -0.493 e. The summed E-state index contributed by atoms with van der Waals surface area (Å²) in [6, 6.07) is 4.03. The Bertz CT molecular complexity index is 741. The maximum Gasteiger partial charge on any atom is 0.211 e. The van der Waals surface area contributed by atoms with Gasteiger partial charge in [-0.15, -0.1) is 0 Å². The van der Waals surface area contributed by atoms with Crippen LogP contribution in [0.3, 0.4) is 0 Å². The smallest absolute Gasteiger partial charge is 0.211 e. The van der Waals surface area contributed by atoms with Crippen LogP contribution in [0.5, 0.6) is 5.88 Å². The Kier molecular flexibility index (Phi) is 2.62. The summed E-state index contributed by atoms with van der Waals surface area (Å²) in [5.41, 5.74) is 4.55. The Labute approximate surface area is 129 Å². The van der Waals surface area contributed by atoms with E-state index in [1.165, 1.54) is 30.6 Å². The molecule has 5 atom stereocenters. The number of hydrogen-bond donors (Lipinski definition) is 3. The van der Waals surface area contributed by atoms with Crippen LogP contribution in [0.4, 0.5) is 0 Å². The lowest BCUT2D eigenvalue weighted by molar-refractivity contribution is -0.0320. The van der Waals surface area contributed by atoms with Crippen LogP contribution >= 0.6 is 0 Å². The van der Waals surface area contributed by atoms with E-state index in [0.717, 1.165) is 24.0 Å². The van der Waals surface area contributed by atoms with Crippen molar-refractivity contribution >= 4 is 11.0 Å². The van der Waals surface area contributed by atoms with Crippen molar-refractivity contribution in [2.45, 2.75) is 31.2 Å². The van der Waals surface area contributed by atoms with Crippen molar-refractivity contribution in [2.24, 2.45) is 11.8 Å². The number of aromatic amines is 1. The van der Waals surface area contributed by atoms with E-state index in [9.17, 15) is 10.2 Å². The van der Waals surface area contributed by atoms with Gasteiger partial charge in [0.25, 0.3) is 0 Å². The third-order valence-electron chi connectivity index (χ3n) is 6.05. The van der Waals surface area contributed by atoms with Crippen molar-refractivity contribution in [1.82, 2.24) is 14.9 Å². The Hall–Kier alpha value is -1.59. The second kappa shape index (κ2) is 4.46. The molecule has 2 saturated heterocycles. The van der Waals surface area contributed by atoms with E-state index in [1.807, 2.05) is 6.07 Å². The van der Waals surface area contributed by atoms with Gasteiger partial charge < -0.3 is 15.2 Å². The van der Waals surface area contributed by atoms with Crippen LogP contribution in [-0.4, -0.2) is 50.8 Å². The fourth-order valence-corrected chi connectivity index (χ4v) is 5.31. The molecule has 2 aromatic rings. The van der Waals surface area contributed by atoms with Gasteiger partial charge >= 0.3 is 0 Å². The van der Waals surface area contributed by atoms with Crippen LogP contribution < -0.4 is 0 Å². The molecule has 0 spiro atoms. The normalized spacial score (nSPS) is 36.3. The van der Waals surface area contributed by atoms with Gasteiger partial charge in [0.05, 0.1) is 11.0 Å². The monoisotopic (exact) mass is 299 g/mol. The van der Waals surface area contributed by atoms with Gasteiger partial charge in [0.2, 0.25) is 5.88 Å². The molecule has 3 fully saturated rings. The van der Waals surface area contributed by atoms with E-state index >= 15 is 0 Å². The molecule has 3 N–H and O–H groups in total. The number of H-pyrrole nitrogens is 1. The zero-order valence-corrected chi connectivity index (χ0v) is 12.5. The highest BCUT2D eigenvalue weighted by molar-refractivity contribution is 5.81. The SMILES string of the molecule is OCC1CC2CC3c4[nH]c5ccc(O)nc5c4CCN(C2)C13. The predicted molar refractivity (Wildman–Crippen MR) is 82.9 cm³/mol. The number of aliphatic hydroxyl groups excluding tert-OH is 1. The van der Waals surface area contributed by atoms with Crippen LogP contribution in [0.25, 0.3) is 11.0 Å². The van der Waals surface area contributed by atoms with Crippen molar-refractivity contribution in [2.75, 3.05) is 19.7 Å². The van der Waals surface area contributed by atoms with Crippen LogP contribution in [-0.2, 0) is 6.42 Å². The number of aliphatic hydroxyl groups is 1. The first-order valence-corrected chi connectivity index (χ1v) is 8.30. The topological polar surface area (TPSA) is 72.4 Å². The molecule has 22 heavy (non-hydrogen) atoms. The molecular formula is C17H21N3O2. The molecule has 116 valence electrons. The molecule has 5 unspecified atom stereocenters. The van der Waals surface area contributed by atoms with Crippen molar-refractivity contribution in [1.29, 1.82) is 0 Å². The van der Waals surface area contributed by atoms with E-state index in [-0.39, 0.29) is 5.88 Å². The molecule has 5 heterocycles. The fourth-order valence-electron chi connectivity index (χ4n) is 5.31. The van der Waals surface area contributed by atoms with Crippen LogP contribution in [0.1, 0.15) is 30.0 Å². The first-order chi connectivity index (χ1) is 10.7. The molecule has 4 bridgehead atoms. The summed E-state index contributed by atoms with van der Waals surface area (Å²) >= 11 is 0. The summed E-state index contributed by atoms with van der Waals surface area (Å²) in [6.45, 7) is 2.51. The third kappa shape index (κ3) is 1.64. The van der Waals surface area contributed by atoms with Gasteiger partial charge in [0, 0.05) is 49.0 Å². The van der Waals surface area contributed by atoms with Crippen molar-refractivity contribution in [3.05, 3.63) is 23.4 Å². The van der Waals surface area contributed by atoms with Gasteiger partial charge in [-0.2, -0.15) is 0 Å². The molecule has 1 aliphatic carbocycles. The summed E-state index contributed by atoms with van der Waals surface area (Å²) in [7, 11) is 0. The number of aromatic nitrogens is 2. The largest absolute Gasteiger partial charge is 0.493 e. The van der Waals surface area contributed by atoms with Crippen molar-refractivity contribution in [3.8, 4) is 5.88 Å². The minimum absolute atomic E-state index is 0.0941. The highest BCUT2D eigenvalue weighted by Crippen LogP contribution is 2.49. The number of hydrogen-bond acceptors (Lipinski definition) is 4. The Morgan fingerprint density at radius 2 is 2.23 bits per heavy atom. The van der Waals surface area contributed by atoms with E-state index < -0.39 is 0 Å². The molecule has 0 aromatic carbocycles. The van der Waals surface area contributed by atoms with Crippen molar-refractivity contribution < 1.29 is 10.2 Å². The van der Waals surface area contributed by atoms with E-state index in [0.29, 0.717) is 30.4 Å². The van der Waals surface area contributed by atoms with Crippen LogP contribution in [0.2, 0.25) is 0 Å². The third-order valence-corrected chi connectivity index (χ3v) is 6.05. The van der Waals surface area contributed by atoms with Gasteiger partial charge in [0.1, 0.15) is 0 Å². The van der Waals surface area contributed by atoms with Gasteiger partial charge in [-0.25, -0.2) is 4.98 Å². The lowest BCUT2D eigenvalue weighted by atomic mass is 9.66. The van der Waals surface area contributed by atoms with Crippen LogP contribution in [0, 0.1) is 11.8 Å². The summed E-state index contributed by atoms with van der Waals surface area (Å²) in [5.74, 6) is 1.66. The minimum atomic E-state index is 0.0941. The number of piperidine rings is 2. The summed E-state index contributed by atoms with van der Waals surface area (Å²) in [4.78, 5) is 10.5. The fraction of sp³-hybridized carbons (Fsp3) is 0.588. The highest BCUT2D eigenvalue weighted by atomic mass is 16.3. The molecule has 3 aliphatic heterocycles. The van der Waals surface area contributed by atoms with E-state index in [4.69, 9.17) is 0 Å². The number of rotatable bonds is 1. The van der Waals surface area contributed by atoms with Gasteiger partial charge in [-0.1, -0.05) is 0 Å². The first-order valence-electron chi connectivity index (χ1n) is 8.30. The lowest BCUT2D eigenvalue weighted by Gasteiger charge is -2.52. The molecule has 5 nitrogen and oxygen atoms in total. The molecule has 0 radical (unpaired) electrons. The number of nitrogens with zero attached hydrogens (tertiary/aromatic N) is 2. The molecular weight excluding hydrogens is 278 g/mol. The molecule has 0 amide bonds. The van der Waals surface area contributed by atoms with Gasteiger partial charge in [-0.3, -0.25) is 4.90 Å². The number of pyridine rings is 1. The number of fused-ring (bicyclic) bond motifs is 4. The standard InChI is InChI=1S/C17H21N3O2/c21-8-10-5-9-6-12-15-11(3-4-20(7-9)17(10)12)16-13(18-15)1-2-14(22)19-16/h1-2,9-10,12,17-18,21H,3-8H2,(H,19,22). The number of nitrogens with one attached hydrogen (secondary N) is 1. The number of aromatic hydroxyl groups is 1. The molecule has 2 aromatic heterocycles. The summed E-state index contributed by atoms with van der Waals surface area (Å²) in [6.07, 6.45) is 3.36. The van der Waals surface area contributed by atoms with Gasteiger partial charge in [-0.05, 0) is 37.2 Å². The van der Waals surface area contributed by atoms with Crippen molar-refractivity contribution in [3.63, 3.8) is 0 Å². The second-order valence-corrected chi connectivity index (χ2v) is 7.20. The zero-order valence-electron chi connectivity index (χ0n) is 12.5. The predicted octanol–water partition coefficient (Wildman–Crippen LogP) is 1.61.